The molecule has 0 aliphatic heterocycles. The van der Waals surface area contributed by atoms with Gasteiger partial charge in [0.1, 0.15) is 5.01 Å². The Morgan fingerprint density at radius 2 is 1.87 bits per heavy atom. The molecule has 4 rings (SSSR count). The van der Waals surface area contributed by atoms with Crippen LogP contribution in [0.2, 0.25) is 0 Å². The highest BCUT2D eigenvalue weighted by Crippen LogP contribution is 2.26. The Morgan fingerprint density at radius 1 is 1.06 bits per heavy atom. The van der Waals surface area contributed by atoms with Gasteiger partial charge in [-0.2, -0.15) is 0 Å². The standard InChI is InChI=1S/C23H21N5O2S/c1-16(7-8-17-5-3-2-4-6-17)30-20-10-9-19(15-25-20)21(29)26-23-28-27-22(31-23)18-11-13-24-14-12-18/h2-6,9-16H,7-8H2,1H3,(H,26,28,29). The van der Waals surface area contributed by atoms with Crippen molar-refractivity contribution in [2.75, 3.05) is 5.32 Å². The fourth-order valence-electron chi connectivity index (χ4n) is 2.92. The summed E-state index contributed by atoms with van der Waals surface area (Å²) in [5, 5.41) is 12.0. The number of carbonyl (C=O) groups is 1. The van der Waals surface area contributed by atoms with Crippen LogP contribution in [0.25, 0.3) is 10.6 Å². The Bertz CT molecular complexity index is 1120. The van der Waals surface area contributed by atoms with Crippen molar-refractivity contribution >= 4 is 22.4 Å². The molecule has 1 N–H and O–H groups in total. The molecule has 1 unspecified atom stereocenters. The number of aryl methyl sites for hydroxylation is 1. The van der Waals surface area contributed by atoms with Crippen LogP contribution >= 0.6 is 11.3 Å². The minimum absolute atomic E-state index is 0.0142. The van der Waals surface area contributed by atoms with Gasteiger partial charge in [-0.15, -0.1) is 10.2 Å². The molecule has 0 saturated carbocycles. The van der Waals surface area contributed by atoms with Crippen molar-refractivity contribution in [1.82, 2.24) is 20.2 Å². The van der Waals surface area contributed by atoms with Crippen molar-refractivity contribution in [2.45, 2.75) is 25.9 Å². The predicted octanol–water partition coefficient (Wildman–Crippen LogP) is 4.65. The number of rotatable bonds is 8. The summed E-state index contributed by atoms with van der Waals surface area (Å²) in [6.45, 7) is 2.01. The van der Waals surface area contributed by atoms with Crippen LogP contribution in [0.4, 0.5) is 5.13 Å². The van der Waals surface area contributed by atoms with E-state index in [1.54, 1.807) is 24.5 Å². The molecule has 1 amide bonds. The Hall–Kier alpha value is -3.65. The van der Waals surface area contributed by atoms with Gasteiger partial charge in [0.15, 0.2) is 0 Å². The van der Waals surface area contributed by atoms with Gasteiger partial charge in [0, 0.05) is 30.2 Å². The van der Waals surface area contributed by atoms with Gasteiger partial charge >= 0.3 is 0 Å². The second-order valence-electron chi connectivity index (χ2n) is 6.94. The van der Waals surface area contributed by atoms with Gasteiger partial charge in [0.05, 0.1) is 11.7 Å². The maximum absolute atomic E-state index is 12.5. The number of anilines is 1. The maximum atomic E-state index is 12.5. The highest BCUT2D eigenvalue weighted by atomic mass is 32.1. The third-order valence-corrected chi connectivity index (χ3v) is 5.46. The molecule has 156 valence electrons. The summed E-state index contributed by atoms with van der Waals surface area (Å²) in [5.41, 5.74) is 2.60. The van der Waals surface area contributed by atoms with E-state index in [1.807, 2.05) is 37.3 Å². The van der Waals surface area contributed by atoms with Crippen LogP contribution in [0, 0.1) is 0 Å². The van der Waals surface area contributed by atoms with Crippen LogP contribution in [0.15, 0.2) is 73.2 Å². The van der Waals surface area contributed by atoms with Crippen LogP contribution in [0.5, 0.6) is 5.88 Å². The lowest BCUT2D eigenvalue weighted by Gasteiger charge is -2.14. The molecule has 8 heteroatoms. The number of nitrogens with one attached hydrogen (secondary N) is 1. The minimum atomic E-state index is -0.298. The van der Waals surface area contributed by atoms with Crippen LogP contribution in [0.3, 0.4) is 0 Å². The molecule has 0 fully saturated rings. The molecule has 3 aromatic heterocycles. The van der Waals surface area contributed by atoms with Gasteiger partial charge in [-0.25, -0.2) is 4.98 Å². The SMILES string of the molecule is CC(CCc1ccccc1)Oc1ccc(C(=O)Nc2nnc(-c3ccncc3)s2)cn1. The zero-order valence-electron chi connectivity index (χ0n) is 16.9. The first-order valence-corrected chi connectivity index (χ1v) is 10.7. The molecule has 1 atom stereocenters. The maximum Gasteiger partial charge on any atom is 0.259 e. The van der Waals surface area contributed by atoms with Gasteiger partial charge in [0.25, 0.3) is 5.91 Å². The number of amides is 1. The lowest BCUT2D eigenvalue weighted by molar-refractivity contribution is 0.102. The summed E-state index contributed by atoms with van der Waals surface area (Å²) in [6.07, 6.45) is 6.70. The van der Waals surface area contributed by atoms with E-state index in [9.17, 15) is 4.79 Å². The lowest BCUT2D eigenvalue weighted by Crippen LogP contribution is -2.15. The Balaban J connectivity index is 1.30. The van der Waals surface area contributed by atoms with E-state index in [4.69, 9.17) is 4.74 Å². The largest absolute Gasteiger partial charge is 0.475 e. The van der Waals surface area contributed by atoms with Crippen molar-refractivity contribution < 1.29 is 9.53 Å². The normalized spacial score (nSPS) is 11.6. The number of pyridine rings is 2. The summed E-state index contributed by atoms with van der Waals surface area (Å²) in [7, 11) is 0. The van der Waals surface area contributed by atoms with Gasteiger partial charge < -0.3 is 4.74 Å². The number of benzene rings is 1. The first-order valence-electron chi connectivity index (χ1n) is 9.89. The molecule has 0 bridgehead atoms. The molecule has 0 aliphatic carbocycles. The van der Waals surface area contributed by atoms with E-state index in [2.05, 4.69) is 37.6 Å². The highest BCUT2D eigenvalue weighted by molar-refractivity contribution is 7.18. The average Bonchev–Trinajstić information content (AvgIpc) is 3.28. The van der Waals surface area contributed by atoms with E-state index < -0.39 is 0 Å². The van der Waals surface area contributed by atoms with E-state index in [-0.39, 0.29) is 12.0 Å². The third-order valence-electron chi connectivity index (χ3n) is 4.58. The smallest absolute Gasteiger partial charge is 0.259 e. The molecule has 7 nitrogen and oxygen atoms in total. The number of nitrogens with zero attached hydrogens (tertiary/aromatic N) is 4. The average molecular weight is 432 g/mol. The molecule has 0 radical (unpaired) electrons. The molecule has 1 aromatic carbocycles. The first-order chi connectivity index (χ1) is 15.2. The zero-order valence-corrected chi connectivity index (χ0v) is 17.7. The third kappa shape index (κ3) is 5.70. The second-order valence-corrected chi connectivity index (χ2v) is 7.92. The second kappa shape index (κ2) is 9.90. The lowest BCUT2D eigenvalue weighted by atomic mass is 10.1. The predicted molar refractivity (Wildman–Crippen MR) is 120 cm³/mol. The monoisotopic (exact) mass is 431 g/mol. The molecule has 3 heterocycles. The molecule has 0 aliphatic rings. The van der Waals surface area contributed by atoms with Gasteiger partial charge in [-0.05, 0) is 43.5 Å². The van der Waals surface area contributed by atoms with Crippen LogP contribution in [-0.4, -0.2) is 32.2 Å². The van der Waals surface area contributed by atoms with Crippen molar-refractivity contribution in [3.05, 3.63) is 84.3 Å². The summed E-state index contributed by atoms with van der Waals surface area (Å²) in [4.78, 5) is 20.7. The summed E-state index contributed by atoms with van der Waals surface area (Å²) in [6, 6.07) is 17.4. The summed E-state index contributed by atoms with van der Waals surface area (Å²) >= 11 is 1.30. The topological polar surface area (TPSA) is 89.9 Å². The number of aromatic nitrogens is 4. The Kier molecular flexibility index (Phi) is 6.59. The van der Waals surface area contributed by atoms with E-state index in [0.29, 0.717) is 21.6 Å². The van der Waals surface area contributed by atoms with Crippen molar-refractivity contribution in [3.8, 4) is 16.5 Å². The van der Waals surface area contributed by atoms with Gasteiger partial charge in [-0.3, -0.25) is 15.1 Å². The van der Waals surface area contributed by atoms with Crippen LogP contribution in [-0.2, 0) is 6.42 Å². The molecule has 4 aromatic rings. The fourth-order valence-corrected chi connectivity index (χ4v) is 3.66. The van der Waals surface area contributed by atoms with E-state index in [1.165, 1.54) is 23.1 Å². The first kappa shape index (κ1) is 20.6. The van der Waals surface area contributed by atoms with Crippen molar-refractivity contribution in [3.63, 3.8) is 0 Å². The van der Waals surface area contributed by atoms with Crippen molar-refractivity contribution in [1.29, 1.82) is 0 Å². The van der Waals surface area contributed by atoms with E-state index in [0.717, 1.165) is 18.4 Å². The van der Waals surface area contributed by atoms with Crippen molar-refractivity contribution in [2.24, 2.45) is 0 Å². The number of hydrogen-bond acceptors (Lipinski definition) is 7. The molecule has 31 heavy (non-hydrogen) atoms. The van der Waals surface area contributed by atoms with Crippen LogP contribution < -0.4 is 10.1 Å². The zero-order chi connectivity index (χ0) is 21.5. The Morgan fingerprint density at radius 3 is 2.61 bits per heavy atom. The highest BCUT2D eigenvalue weighted by Gasteiger charge is 2.13. The number of carbonyl (C=O) groups excluding carboxylic acids is 1. The summed E-state index contributed by atoms with van der Waals surface area (Å²) < 4.78 is 5.87. The van der Waals surface area contributed by atoms with Crippen LogP contribution in [0.1, 0.15) is 29.3 Å². The quantitative estimate of drug-likeness (QED) is 0.437. The summed E-state index contributed by atoms with van der Waals surface area (Å²) in [5.74, 6) is 0.196. The van der Waals surface area contributed by atoms with E-state index >= 15 is 0 Å². The van der Waals surface area contributed by atoms with Gasteiger partial charge in [0.2, 0.25) is 11.0 Å². The fraction of sp³-hybridized carbons (Fsp3) is 0.174. The number of hydrogen-bond donors (Lipinski definition) is 1. The number of ether oxygens (including phenoxy) is 1. The van der Waals surface area contributed by atoms with Gasteiger partial charge in [-0.1, -0.05) is 41.7 Å². The minimum Gasteiger partial charge on any atom is -0.475 e. The molecule has 0 saturated heterocycles. The molecular weight excluding hydrogens is 410 g/mol. The Labute approximate surface area is 184 Å². The molecule has 0 spiro atoms. The molecular formula is C23H21N5O2S.